The maximum Gasteiger partial charge on any atom is 0.0627 e. The van der Waals surface area contributed by atoms with E-state index in [1.165, 1.54) is 5.56 Å². The van der Waals surface area contributed by atoms with Crippen molar-refractivity contribution in [2.75, 3.05) is 0 Å². The van der Waals surface area contributed by atoms with Crippen LogP contribution in [0.15, 0.2) is 12.8 Å². The molecule has 0 aliphatic rings. The molecule has 1 rings (SSSR count). The van der Waals surface area contributed by atoms with Gasteiger partial charge in [-0.25, -0.2) is 4.68 Å². The van der Waals surface area contributed by atoms with Crippen LogP contribution in [0.4, 0.5) is 0 Å². The number of rotatable bonds is 1. The topological polar surface area (TPSA) is 17.8 Å². The minimum atomic E-state index is 1.06. The number of hydrogen-bond acceptors (Lipinski definition) is 1. The molecule has 2 heteroatoms. The summed E-state index contributed by atoms with van der Waals surface area (Å²) in [4.78, 5) is 0. The van der Waals surface area contributed by atoms with E-state index in [0.717, 1.165) is 5.69 Å². The van der Waals surface area contributed by atoms with E-state index in [1.54, 1.807) is 10.9 Å². The van der Waals surface area contributed by atoms with Crippen LogP contribution in [-0.2, 0) is 0 Å². The summed E-state index contributed by atoms with van der Waals surface area (Å²) < 4.78 is 1.71. The van der Waals surface area contributed by atoms with Crippen molar-refractivity contribution < 1.29 is 0 Å². The van der Waals surface area contributed by atoms with Gasteiger partial charge in [0.1, 0.15) is 0 Å². The third kappa shape index (κ3) is 1.02. The minimum Gasteiger partial charge on any atom is -0.248 e. The summed E-state index contributed by atoms with van der Waals surface area (Å²) in [6.45, 7) is 7.60. The van der Waals surface area contributed by atoms with Gasteiger partial charge in [0.15, 0.2) is 0 Å². The van der Waals surface area contributed by atoms with E-state index < -0.39 is 0 Å². The highest BCUT2D eigenvalue weighted by Crippen LogP contribution is 2.01. The molecule has 0 atom stereocenters. The lowest BCUT2D eigenvalue weighted by Gasteiger charge is -1.83. The van der Waals surface area contributed by atoms with Gasteiger partial charge in [0.05, 0.1) is 5.69 Å². The summed E-state index contributed by atoms with van der Waals surface area (Å²) in [5.74, 6) is 0. The third-order valence-corrected chi connectivity index (χ3v) is 1.35. The second kappa shape index (κ2) is 2.05. The molecular formula is C7H10N2. The second-order valence-electron chi connectivity index (χ2n) is 2.06. The van der Waals surface area contributed by atoms with Crippen molar-refractivity contribution in [2.45, 2.75) is 13.8 Å². The predicted molar refractivity (Wildman–Crippen MR) is 38.1 cm³/mol. The van der Waals surface area contributed by atoms with Gasteiger partial charge < -0.3 is 0 Å². The van der Waals surface area contributed by atoms with Crippen LogP contribution < -0.4 is 0 Å². The molecule has 0 unspecified atom stereocenters. The smallest absolute Gasteiger partial charge is 0.0627 e. The summed E-state index contributed by atoms with van der Waals surface area (Å²) in [5.41, 5.74) is 2.27. The molecule has 0 bridgehead atoms. The van der Waals surface area contributed by atoms with Crippen molar-refractivity contribution in [3.05, 3.63) is 24.0 Å². The average molecular weight is 122 g/mol. The van der Waals surface area contributed by atoms with Gasteiger partial charge >= 0.3 is 0 Å². The summed E-state index contributed by atoms with van der Waals surface area (Å²) in [6.07, 6.45) is 3.63. The van der Waals surface area contributed by atoms with Crippen LogP contribution in [-0.4, -0.2) is 9.78 Å². The maximum atomic E-state index is 4.13. The van der Waals surface area contributed by atoms with E-state index in [-0.39, 0.29) is 0 Å². The summed E-state index contributed by atoms with van der Waals surface area (Å²) >= 11 is 0. The van der Waals surface area contributed by atoms with Crippen molar-refractivity contribution in [3.63, 3.8) is 0 Å². The Labute approximate surface area is 54.8 Å². The Kier molecular flexibility index (Phi) is 1.39. The van der Waals surface area contributed by atoms with Crippen molar-refractivity contribution in [2.24, 2.45) is 0 Å². The molecule has 9 heavy (non-hydrogen) atoms. The summed E-state index contributed by atoms with van der Waals surface area (Å²) in [7, 11) is 0. The average Bonchev–Trinajstić information content (AvgIpc) is 2.13. The summed E-state index contributed by atoms with van der Waals surface area (Å²) in [5, 5.41) is 4.13. The summed E-state index contributed by atoms with van der Waals surface area (Å²) in [6, 6.07) is 0. The molecule has 0 saturated carbocycles. The number of hydrogen-bond donors (Lipinski definition) is 0. The van der Waals surface area contributed by atoms with E-state index in [2.05, 4.69) is 11.7 Å². The fourth-order valence-electron chi connectivity index (χ4n) is 0.666. The Morgan fingerprint density at radius 1 is 1.67 bits per heavy atom. The fraction of sp³-hybridized carbons (Fsp3) is 0.286. The van der Waals surface area contributed by atoms with E-state index in [4.69, 9.17) is 0 Å². The highest BCUT2D eigenvalue weighted by atomic mass is 15.3. The van der Waals surface area contributed by atoms with Gasteiger partial charge in [-0.2, -0.15) is 5.10 Å². The molecule has 0 amide bonds. The SMILES string of the molecule is C=Cn1cc(C)c(C)n1. The lowest BCUT2D eigenvalue weighted by atomic mass is 10.3. The molecule has 1 heterocycles. The lowest BCUT2D eigenvalue weighted by molar-refractivity contribution is 0.913. The van der Waals surface area contributed by atoms with E-state index in [0.29, 0.717) is 0 Å². The van der Waals surface area contributed by atoms with E-state index in [9.17, 15) is 0 Å². The van der Waals surface area contributed by atoms with Gasteiger partial charge in [0.2, 0.25) is 0 Å². The van der Waals surface area contributed by atoms with Crippen LogP contribution in [0, 0.1) is 13.8 Å². The molecule has 0 spiro atoms. The highest BCUT2D eigenvalue weighted by molar-refractivity contribution is 5.21. The van der Waals surface area contributed by atoms with Crippen LogP contribution in [0.3, 0.4) is 0 Å². The van der Waals surface area contributed by atoms with Crippen LogP contribution in [0.25, 0.3) is 6.20 Å². The molecular weight excluding hydrogens is 112 g/mol. The molecule has 2 nitrogen and oxygen atoms in total. The van der Waals surface area contributed by atoms with E-state index in [1.807, 2.05) is 20.0 Å². The molecule has 0 aliphatic heterocycles. The van der Waals surface area contributed by atoms with Gasteiger partial charge in [-0.3, -0.25) is 0 Å². The lowest BCUT2D eigenvalue weighted by Crippen LogP contribution is -1.83. The largest absolute Gasteiger partial charge is 0.248 e. The molecule has 0 saturated heterocycles. The Balaban J connectivity index is 3.11. The predicted octanol–water partition coefficient (Wildman–Crippen LogP) is 1.60. The molecule has 1 aromatic rings. The maximum absolute atomic E-state index is 4.13. The zero-order chi connectivity index (χ0) is 6.85. The molecule has 0 aliphatic carbocycles. The first-order valence-corrected chi connectivity index (χ1v) is 2.89. The Morgan fingerprint density at radius 2 is 2.33 bits per heavy atom. The van der Waals surface area contributed by atoms with Crippen molar-refractivity contribution in [1.29, 1.82) is 0 Å². The molecule has 0 aromatic carbocycles. The quantitative estimate of drug-likeness (QED) is 0.553. The van der Waals surface area contributed by atoms with Gasteiger partial charge in [-0.15, -0.1) is 0 Å². The van der Waals surface area contributed by atoms with Gasteiger partial charge in [-0.1, -0.05) is 6.58 Å². The fourth-order valence-corrected chi connectivity index (χ4v) is 0.666. The molecule has 48 valence electrons. The normalized spacial score (nSPS) is 9.56. The minimum absolute atomic E-state index is 1.06. The first-order chi connectivity index (χ1) is 4.24. The first kappa shape index (κ1) is 6.08. The highest BCUT2D eigenvalue weighted by Gasteiger charge is 1.94. The second-order valence-corrected chi connectivity index (χ2v) is 2.06. The van der Waals surface area contributed by atoms with E-state index >= 15 is 0 Å². The van der Waals surface area contributed by atoms with Crippen LogP contribution in [0.5, 0.6) is 0 Å². The number of nitrogens with zero attached hydrogens (tertiary/aromatic N) is 2. The van der Waals surface area contributed by atoms with Gasteiger partial charge in [0, 0.05) is 12.4 Å². The molecule has 0 radical (unpaired) electrons. The zero-order valence-corrected chi connectivity index (χ0v) is 5.76. The Bertz CT molecular complexity index is 203. The molecule has 1 aromatic heterocycles. The Morgan fingerprint density at radius 3 is 2.56 bits per heavy atom. The Hall–Kier alpha value is -1.05. The number of aromatic nitrogens is 2. The molecule has 0 N–H and O–H groups in total. The van der Waals surface area contributed by atoms with Crippen LogP contribution in [0.2, 0.25) is 0 Å². The van der Waals surface area contributed by atoms with Crippen LogP contribution >= 0.6 is 0 Å². The third-order valence-electron chi connectivity index (χ3n) is 1.35. The van der Waals surface area contributed by atoms with Gasteiger partial charge in [-0.05, 0) is 19.4 Å². The van der Waals surface area contributed by atoms with Gasteiger partial charge in [0.25, 0.3) is 0 Å². The van der Waals surface area contributed by atoms with Crippen molar-refractivity contribution in [1.82, 2.24) is 9.78 Å². The monoisotopic (exact) mass is 122 g/mol. The molecule has 0 fully saturated rings. The van der Waals surface area contributed by atoms with Crippen LogP contribution in [0.1, 0.15) is 11.3 Å². The standard InChI is InChI=1S/C7H10N2/c1-4-9-5-6(2)7(3)8-9/h4-5H,1H2,2-3H3. The zero-order valence-electron chi connectivity index (χ0n) is 5.76. The van der Waals surface area contributed by atoms with Crippen molar-refractivity contribution >= 4 is 6.20 Å². The van der Waals surface area contributed by atoms with Crippen molar-refractivity contribution in [3.8, 4) is 0 Å². The first-order valence-electron chi connectivity index (χ1n) is 2.89. The number of aryl methyl sites for hydroxylation is 2.